The third kappa shape index (κ3) is 1.89. The molecule has 1 aliphatic carbocycles. The van der Waals surface area contributed by atoms with E-state index in [0.29, 0.717) is 23.9 Å². The molecule has 0 N–H and O–H groups in total. The van der Waals surface area contributed by atoms with Crippen LogP contribution < -0.4 is 18.9 Å². The van der Waals surface area contributed by atoms with Crippen LogP contribution in [0.1, 0.15) is 17.5 Å². The van der Waals surface area contributed by atoms with Crippen LogP contribution in [0.15, 0.2) is 36.4 Å². The van der Waals surface area contributed by atoms with Gasteiger partial charge in [-0.05, 0) is 24.1 Å². The number of hydrogen-bond donors (Lipinski definition) is 0. The lowest BCUT2D eigenvalue weighted by Crippen LogP contribution is -2.26. The van der Waals surface area contributed by atoms with Gasteiger partial charge in [-0.25, -0.2) is 0 Å². The Bertz CT molecular complexity index is 902. The zero-order valence-electron chi connectivity index (χ0n) is 15.5. The van der Waals surface area contributed by atoms with Crippen LogP contribution in [0.25, 0.3) is 11.1 Å². The molecule has 0 amide bonds. The predicted molar refractivity (Wildman–Crippen MR) is 98.6 cm³/mol. The van der Waals surface area contributed by atoms with E-state index in [1.54, 1.807) is 28.4 Å². The molecule has 2 aliphatic rings. The summed E-state index contributed by atoms with van der Waals surface area (Å²) in [7, 11) is 6.51. The number of rotatable bonds is 4. The SMILES string of the molecule is C=C1CCOC12c1cccc(OC)c1-c1cc(OC)c(OC)c(OC)c12. The number of benzene rings is 2. The highest BCUT2D eigenvalue weighted by atomic mass is 16.5. The summed E-state index contributed by atoms with van der Waals surface area (Å²) in [5.74, 6) is 2.52. The van der Waals surface area contributed by atoms with Gasteiger partial charge in [0.05, 0.1) is 35.0 Å². The van der Waals surface area contributed by atoms with E-state index in [9.17, 15) is 0 Å². The molecule has 1 aliphatic heterocycles. The van der Waals surface area contributed by atoms with Crippen molar-refractivity contribution in [2.75, 3.05) is 35.0 Å². The van der Waals surface area contributed by atoms with Crippen LogP contribution in [-0.4, -0.2) is 35.0 Å². The molecule has 4 rings (SSSR count). The monoisotopic (exact) mass is 354 g/mol. The molecular weight excluding hydrogens is 332 g/mol. The molecule has 26 heavy (non-hydrogen) atoms. The molecule has 0 saturated carbocycles. The molecule has 0 radical (unpaired) electrons. The second kappa shape index (κ2) is 5.95. The highest BCUT2D eigenvalue weighted by Crippen LogP contribution is 2.63. The van der Waals surface area contributed by atoms with Crippen molar-refractivity contribution in [1.82, 2.24) is 0 Å². The van der Waals surface area contributed by atoms with Crippen molar-refractivity contribution in [1.29, 1.82) is 0 Å². The Morgan fingerprint density at radius 1 is 0.962 bits per heavy atom. The van der Waals surface area contributed by atoms with E-state index < -0.39 is 5.60 Å². The van der Waals surface area contributed by atoms with Crippen molar-refractivity contribution >= 4 is 0 Å². The summed E-state index contributed by atoms with van der Waals surface area (Å²) in [6, 6.07) is 7.94. The predicted octanol–water partition coefficient (Wildman–Crippen LogP) is 3.92. The number of fused-ring (bicyclic) bond motifs is 5. The zero-order valence-corrected chi connectivity index (χ0v) is 15.5. The zero-order chi connectivity index (χ0) is 18.5. The summed E-state index contributed by atoms with van der Waals surface area (Å²) < 4.78 is 29.0. The first-order valence-corrected chi connectivity index (χ1v) is 8.47. The third-order valence-corrected chi connectivity index (χ3v) is 5.30. The maximum atomic E-state index is 6.35. The minimum absolute atomic E-state index is 0.545. The molecule has 1 saturated heterocycles. The fraction of sp³-hybridized carbons (Fsp3) is 0.333. The standard InChI is InChI=1S/C21H22O5/c1-12-9-10-26-21(12)14-7-6-8-15(22-2)17(14)13-11-16(23-3)19(24-4)20(25-5)18(13)21/h6-8,11H,1,9-10H2,2-5H3. The molecule has 136 valence electrons. The van der Waals surface area contributed by atoms with Gasteiger partial charge in [-0.3, -0.25) is 0 Å². The van der Waals surface area contributed by atoms with Gasteiger partial charge in [0.25, 0.3) is 0 Å². The number of ether oxygens (including phenoxy) is 5. The maximum Gasteiger partial charge on any atom is 0.203 e. The van der Waals surface area contributed by atoms with Crippen LogP contribution >= 0.6 is 0 Å². The quantitative estimate of drug-likeness (QED) is 0.779. The average molecular weight is 354 g/mol. The van der Waals surface area contributed by atoms with Gasteiger partial charge in [-0.2, -0.15) is 0 Å². The van der Waals surface area contributed by atoms with E-state index in [2.05, 4.69) is 12.6 Å². The normalized spacial score (nSPS) is 20.1. The number of hydrogen-bond acceptors (Lipinski definition) is 5. The summed E-state index contributed by atoms with van der Waals surface area (Å²) in [5, 5.41) is 0. The molecule has 2 aromatic carbocycles. The van der Waals surface area contributed by atoms with Gasteiger partial charge in [0.2, 0.25) is 5.75 Å². The molecule has 2 aromatic rings. The van der Waals surface area contributed by atoms with Gasteiger partial charge in [-0.1, -0.05) is 18.7 Å². The van der Waals surface area contributed by atoms with Crippen molar-refractivity contribution in [3.05, 3.63) is 47.5 Å². The second-order valence-corrected chi connectivity index (χ2v) is 6.33. The summed E-state index contributed by atoms with van der Waals surface area (Å²) in [5.41, 5.74) is 4.09. The Morgan fingerprint density at radius 2 is 1.69 bits per heavy atom. The number of methoxy groups -OCH3 is 4. The second-order valence-electron chi connectivity index (χ2n) is 6.33. The molecule has 1 unspecified atom stereocenters. The van der Waals surface area contributed by atoms with Gasteiger partial charge in [0.1, 0.15) is 11.4 Å². The maximum absolute atomic E-state index is 6.35. The van der Waals surface area contributed by atoms with Crippen LogP contribution in [-0.2, 0) is 10.3 Å². The van der Waals surface area contributed by atoms with E-state index in [1.165, 1.54) is 0 Å². The largest absolute Gasteiger partial charge is 0.496 e. The van der Waals surface area contributed by atoms with Crippen LogP contribution in [0.3, 0.4) is 0 Å². The Kier molecular flexibility index (Phi) is 3.84. The van der Waals surface area contributed by atoms with Gasteiger partial charge < -0.3 is 23.7 Å². The summed E-state index contributed by atoms with van der Waals surface area (Å²) in [6.07, 6.45) is 0.785. The molecule has 1 fully saturated rings. The van der Waals surface area contributed by atoms with Gasteiger partial charge in [-0.15, -0.1) is 0 Å². The minimum Gasteiger partial charge on any atom is -0.496 e. The topological polar surface area (TPSA) is 46.2 Å². The molecule has 1 spiro atoms. The highest BCUT2D eigenvalue weighted by molar-refractivity contribution is 5.91. The van der Waals surface area contributed by atoms with Crippen molar-refractivity contribution in [2.24, 2.45) is 0 Å². The van der Waals surface area contributed by atoms with Crippen LogP contribution in [0, 0.1) is 0 Å². The van der Waals surface area contributed by atoms with E-state index >= 15 is 0 Å². The summed E-state index contributed by atoms with van der Waals surface area (Å²) in [4.78, 5) is 0. The Balaban J connectivity index is 2.18. The lowest BCUT2D eigenvalue weighted by molar-refractivity contribution is 0.0564. The van der Waals surface area contributed by atoms with Crippen LogP contribution in [0.4, 0.5) is 0 Å². The third-order valence-electron chi connectivity index (χ3n) is 5.30. The lowest BCUT2D eigenvalue weighted by Gasteiger charge is -2.29. The smallest absolute Gasteiger partial charge is 0.203 e. The Morgan fingerprint density at radius 3 is 2.27 bits per heavy atom. The van der Waals surface area contributed by atoms with E-state index in [1.807, 2.05) is 18.2 Å². The van der Waals surface area contributed by atoms with Crippen molar-refractivity contribution < 1.29 is 23.7 Å². The Hall–Kier alpha value is -2.66. The van der Waals surface area contributed by atoms with Gasteiger partial charge in [0, 0.05) is 22.3 Å². The molecule has 1 heterocycles. The molecule has 0 aromatic heterocycles. The highest BCUT2D eigenvalue weighted by Gasteiger charge is 2.53. The fourth-order valence-corrected chi connectivity index (χ4v) is 4.23. The summed E-state index contributed by atoms with van der Waals surface area (Å²) in [6.45, 7) is 4.93. The molecule has 5 heteroatoms. The van der Waals surface area contributed by atoms with Gasteiger partial charge in [0.15, 0.2) is 11.5 Å². The van der Waals surface area contributed by atoms with Crippen LogP contribution in [0.2, 0.25) is 0 Å². The minimum atomic E-state index is -0.760. The van der Waals surface area contributed by atoms with Gasteiger partial charge >= 0.3 is 0 Å². The average Bonchev–Trinajstić information content (AvgIpc) is 3.19. The van der Waals surface area contributed by atoms with E-state index in [-0.39, 0.29) is 0 Å². The first-order valence-electron chi connectivity index (χ1n) is 8.47. The van der Waals surface area contributed by atoms with Crippen molar-refractivity contribution in [2.45, 2.75) is 12.0 Å². The van der Waals surface area contributed by atoms with Crippen LogP contribution in [0.5, 0.6) is 23.0 Å². The van der Waals surface area contributed by atoms with Crippen molar-refractivity contribution in [3.63, 3.8) is 0 Å². The summed E-state index contributed by atoms with van der Waals surface area (Å²) >= 11 is 0. The fourth-order valence-electron chi connectivity index (χ4n) is 4.23. The molecular formula is C21H22O5. The molecule has 5 nitrogen and oxygen atoms in total. The first-order chi connectivity index (χ1) is 12.6. The molecule has 1 atom stereocenters. The van der Waals surface area contributed by atoms with E-state index in [0.717, 1.165) is 40.0 Å². The van der Waals surface area contributed by atoms with E-state index in [4.69, 9.17) is 23.7 Å². The lowest BCUT2D eigenvalue weighted by atomic mass is 9.84. The Labute approximate surface area is 153 Å². The first kappa shape index (κ1) is 16.8. The molecule has 0 bridgehead atoms. The van der Waals surface area contributed by atoms with Crippen molar-refractivity contribution in [3.8, 4) is 34.1 Å².